The lowest BCUT2D eigenvalue weighted by Gasteiger charge is -2.11. The van der Waals surface area contributed by atoms with Gasteiger partial charge in [-0.2, -0.15) is 0 Å². The van der Waals surface area contributed by atoms with Crippen molar-refractivity contribution in [3.05, 3.63) is 57.1 Å². The number of fused-ring (bicyclic) bond motifs is 1. The smallest absolute Gasteiger partial charge is 0.259 e. The number of hydrogen-bond acceptors (Lipinski definition) is 3. The Bertz CT molecular complexity index is 971. The molecule has 0 atom stereocenters. The number of benzene rings is 1. The Morgan fingerprint density at radius 3 is 2.56 bits per heavy atom. The summed E-state index contributed by atoms with van der Waals surface area (Å²) in [5.41, 5.74) is 2.13. The molecule has 3 rings (SSSR count). The summed E-state index contributed by atoms with van der Waals surface area (Å²) in [7, 11) is 0. The van der Waals surface area contributed by atoms with Gasteiger partial charge in [0.1, 0.15) is 11.4 Å². The van der Waals surface area contributed by atoms with Crippen molar-refractivity contribution >= 4 is 23.7 Å². The van der Waals surface area contributed by atoms with Crippen molar-refractivity contribution in [3.8, 4) is 11.3 Å². The average Bonchev–Trinajstić information content (AvgIpc) is 2.98. The second kappa shape index (κ2) is 7.23. The standard InChI is InChI=1S/C19H20ClN3O2/c1-3-4-5-10-22-13(2)11-17(25)23-16(12-24)18(21-19(22)23)14-6-8-15(20)9-7-14/h6-9,11-12H,3-5,10H2,1-2H3. The molecule has 6 heteroatoms. The third kappa shape index (κ3) is 3.24. The second-order valence-electron chi connectivity index (χ2n) is 6.09. The first kappa shape index (κ1) is 17.4. The van der Waals surface area contributed by atoms with Gasteiger partial charge in [-0.3, -0.25) is 9.59 Å². The van der Waals surface area contributed by atoms with Gasteiger partial charge in [-0.1, -0.05) is 43.5 Å². The van der Waals surface area contributed by atoms with Crippen LogP contribution < -0.4 is 5.56 Å². The number of carbonyl (C=O) groups excluding carboxylic acids is 1. The zero-order valence-corrected chi connectivity index (χ0v) is 15.1. The van der Waals surface area contributed by atoms with Gasteiger partial charge in [0.05, 0.1) is 0 Å². The van der Waals surface area contributed by atoms with Crippen LogP contribution in [0.15, 0.2) is 35.1 Å². The van der Waals surface area contributed by atoms with Crippen LogP contribution in [0.4, 0.5) is 0 Å². The van der Waals surface area contributed by atoms with Crippen molar-refractivity contribution in [1.29, 1.82) is 0 Å². The molecule has 2 aromatic heterocycles. The molecule has 0 amide bonds. The van der Waals surface area contributed by atoms with Gasteiger partial charge in [-0.25, -0.2) is 9.38 Å². The van der Waals surface area contributed by atoms with Gasteiger partial charge < -0.3 is 4.57 Å². The monoisotopic (exact) mass is 357 g/mol. The zero-order valence-electron chi connectivity index (χ0n) is 14.3. The minimum Gasteiger partial charge on any atom is -0.315 e. The molecule has 0 saturated carbocycles. The van der Waals surface area contributed by atoms with E-state index in [1.165, 1.54) is 4.40 Å². The molecule has 0 bridgehead atoms. The van der Waals surface area contributed by atoms with E-state index in [0.717, 1.165) is 37.1 Å². The third-order valence-electron chi connectivity index (χ3n) is 4.33. The largest absolute Gasteiger partial charge is 0.315 e. The Hall–Kier alpha value is -2.40. The summed E-state index contributed by atoms with van der Waals surface area (Å²) in [6, 6.07) is 8.65. The van der Waals surface area contributed by atoms with Crippen LogP contribution in [0.1, 0.15) is 42.4 Å². The molecular formula is C19H20ClN3O2. The number of unbranched alkanes of at least 4 members (excludes halogenated alkanes) is 2. The molecule has 0 aliphatic carbocycles. The summed E-state index contributed by atoms with van der Waals surface area (Å²) >= 11 is 5.94. The molecular weight excluding hydrogens is 338 g/mol. The number of rotatable bonds is 6. The van der Waals surface area contributed by atoms with Crippen molar-refractivity contribution in [3.63, 3.8) is 0 Å². The Balaban J connectivity index is 2.24. The summed E-state index contributed by atoms with van der Waals surface area (Å²) in [4.78, 5) is 28.8. The first-order valence-corrected chi connectivity index (χ1v) is 8.78. The van der Waals surface area contributed by atoms with E-state index in [9.17, 15) is 9.59 Å². The highest BCUT2D eigenvalue weighted by molar-refractivity contribution is 6.30. The van der Waals surface area contributed by atoms with Crippen LogP contribution in [0.5, 0.6) is 0 Å². The molecule has 0 unspecified atom stereocenters. The van der Waals surface area contributed by atoms with Gasteiger partial charge in [0.25, 0.3) is 5.56 Å². The lowest BCUT2D eigenvalue weighted by Crippen LogP contribution is -2.20. The van der Waals surface area contributed by atoms with Crippen LogP contribution in [-0.2, 0) is 6.54 Å². The summed E-state index contributed by atoms with van der Waals surface area (Å²) in [6.07, 6.45) is 3.90. The number of hydrogen-bond donors (Lipinski definition) is 0. The van der Waals surface area contributed by atoms with Crippen LogP contribution in [0.25, 0.3) is 17.0 Å². The summed E-state index contributed by atoms with van der Waals surface area (Å²) in [5.74, 6) is 0.508. The van der Waals surface area contributed by atoms with Crippen LogP contribution >= 0.6 is 11.6 Å². The Kier molecular flexibility index (Phi) is 5.04. The molecule has 5 nitrogen and oxygen atoms in total. The maximum atomic E-state index is 12.5. The highest BCUT2D eigenvalue weighted by Gasteiger charge is 2.18. The molecule has 0 fully saturated rings. The quantitative estimate of drug-likeness (QED) is 0.492. The maximum Gasteiger partial charge on any atom is 0.259 e. The number of aromatic nitrogens is 3. The summed E-state index contributed by atoms with van der Waals surface area (Å²) in [5, 5.41) is 0.607. The van der Waals surface area contributed by atoms with Gasteiger partial charge >= 0.3 is 0 Å². The predicted octanol–water partition coefficient (Wildman–Crippen LogP) is 4.13. The molecule has 0 N–H and O–H groups in total. The fourth-order valence-corrected chi connectivity index (χ4v) is 3.15. The molecule has 0 aliphatic rings. The number of carbonyl (C=O) groups is 1. The summed E-state index contributed by atoms with van der Waals surface area (Å²) < 4.78 is 3.40. The van der Waals surface area contributed by atoms with E-state index in [-0.39, 0.29) is 11.3 Å². The molecule has 130 valence electrons. The molecule has 0 aliphatic heterocycles. The molecule has 2 heterocycles. The predicted molar refractivity (Wildman–Crippen MR) is 99.5 cm³/mol. The van der Waals surface area contributed by atoms with E-state index >= 15 is 0 Å². The van der Waals surface area contributed by atoms with E-state index in [2.05, 4.69) is 11.9 Å². The Morgan fingerprint density at radius 2 is 1.92 bits per heavy atom. The maximum absolute atomic E-state index is 12.5. The lowest BCUT2D eigenvalue weighted by molar-refractivity contribution is 0.111. The molecule has 0 radical (unpaired) electrons. The van der Waals surface area contributed by atoms with Crippen LogP contribution in [0.2, 0.25) is 5.02 Å². The lowest BCUT2D eigenvalue weighted by atomic mass is 10.1. The van der Waals surface area contributed by atoms with Gasteiger partial charge in [0.2, 0.25) is 5.78 Å². The van der Waals surface area contributed by atoms with Gasteiger partial charge in [0, 0.05) is 28.9 Å². The fraction of sp³-hybridized carbons (Fsp3) is 0.316. The minimum atomic E-state index is -0.242. The highest BCUT2D eigenvalue weighted by atomic mass is 35.5. The Morgan fingerprint density at radius 1 is 1.20 bits per heavy atom. The number of aryl methyl sites for hydroxylation is 2. The normalized spacial score (nSPS) is 11.2. The van der Waals surface area contributed by atoms with E-state index in [1.807, 2.05) is 11.5 Å². The molecule has 1 aromatic carbocycles. The molecule has 25 heavy (non-hydrogen) atoms. The van der Waals surface area contributed by atoms with E-state index in [0.29, 0.717) is 22.8 Å². The van der Waals surface area contributed by atoms with Gasteiger partial charge in [0.15, 0.2) is 6.29 Å². The van der Waals surface area contributed by atoms with Crippen molar-refractivity contribution in [2.24, 2.45) is 0 Å². The van der Waals surface area contributed by atoms with Gasteiger partial charge in [-0.15, -0.1) is 0 Å². The molecule has 0 saturated heterocycles. The van der Waals surface area contributed by atoms with E-state index in [4.69, 9.17) is 11.6 Å². The topological polar surface area (TPSA) is 56.4 Å². The van der Waals surface area contributed by atoms with Crippen molar-refractivity contribution in [2.75, 3.05) is 0 Å². The number of imidazole rings is 1. The number of halogens is 1. The van der Waals surface area contributed by atoms with Crippen LogP contribution in [0.3, 0.4) is 0 Å². The zero-order chi connectivity index (χ0) is 18.0. The van der Waals surface area contributed by atoms with Crippen LogP contribution in [-0.4, -0.2) is 20.2 Å². The third-order valence-corrected chi connectivity index (χ3v) is 4.58. The summed E-state index contributed by atoms with van der Waals surface area (Å²) in [6.45, 7) is 4.80. The number of aldehydes is 1. The number of nitrogens with zero attached hydrogens (tertiary/aromatic N) is 3. The second-order valence-corrected chi connectivity index (χ2v) is 6.52. The molecule has 0 spiro atoms. The van der Waals surface area contributed by atoms with Crippen LogP contribution in [0, 0.1) is 6.92 Å². The fourth-order valence-electron chi connectivity index (χ4n) is 3.02. The Labute approximate surface area is 150 Å². The minimum absolute atomic E-state index is 0.242. The first-order valence-electron chi connectivity index (χ1n) is 8.40. The van der Waals surface area contributed by atoms with Crippen molar-refractivity contribution in [2.45, 2.75) is 39.7 Å². The van der Waals surface area contributed by atoms with E-state index in [1.54, 1.807) is 30.3 Å². The first-order chi connectivity index (χ1) is 12.1. The van der Waals surface area contributed by atoms with Crippen molar-refractivity contribution in [1.82, 2.24) is 14.0 Å². The molecule has 3 aromatic rings. The highest BCUT2D eigenvalue weighted by Crippen LogP contribution is 2.24. The van der Waals surface area contributed by atoms with Gasteiger partial charge in [-0.05, 0) is 25.5 Å². The van der Waals surface area contributed by atoms with Crippen molar-refractivity contribution < 1.29 is 4.79 Å². The SMILES string of the molecule is CCCCCn1c(C)cc(=O)n2c(C=O)c(-c3ccc(Cl)cc3)nc12. The average molecular weight is 358 g/mol. The van der Waals surface area contributed by atoms with E-state index < -0.39 is 0 Å².